The average molecular weight is 413 g/mol. The second-order valence-electron chi connectivity index (χ2n) is 6.11. The van der Waals surface area contributed by atoms with Crippen LogP contribution in [0.4, 0.5) is 13.2 Å². The van der Waals surface area contributed by atoms with E-state index in [-0.39, 0.29) is 23.8 Å². The summed E-state index contributed by atoms with van der Waals surface area (Å²) in [6, 6.07) is 6.04. The maximum atomic E-state index is 13.8. The van der Waals surface area contributed by atoms with Crippen LogP contribution in [0.2, 0.25) is 5.02 Å². The van der Waals surface area contributed by atoms with Crippen molar-refractivity contribution in [3.63, 3.8) is 0 Å². The van der Waals surface area contributed by atoms with E-state index in [0.717, 1.165) is 11.0 Å². The van der Waals surface area contributed by atoms with E-state index in [1.165, 1.54) is 24.3 Å². The van der Waals surface area contributed by atoms with Crippen molar-refractivity contribution < 1.29 is 18.3 Å². The lowest BCUT2D eigenvalue weighted by Crippen LogP contribution is -2.58. The Balaban J connectivity index is 1.85. The van der Waals surface area contributed by atoms with Gasteiger partial charge in [-0.25, -0.2) is 4.98 Å². The third kappa shape index (κ3) is 2.90. The minimum Gasteiger partial charge on any atom is -0.385 e. The number of hydrogen-bond acceptors (Lipinski definition) is 8. The van der Waals surface area contributed by atoms with Crippen molar-refractivity contribution in [2.24, 2.45) is 21.0 Å². The van der Waals surface area contributed by atoms with E-state index in [9.17, 15) is 18.3 Å². The largest absolute Gasteiger partial charge is 0.438 e. The van der Waals surface area contributed by atoms with Crippen molar-refractivity contribution >= 4 is 29.1 Å². The molecule has 0 aliphatic carbocycles. The first kappa shape index (κ1) is 18.4. The average Bonchev–Trinajstić information content (AvgIpc) is 3.18. The molecule has 0 amide bonds. The minimum atomic E-state index is -5.06. The number of fused-ring (bicyclic) bond motifs is 1. The number of nitrogens with two attached hydrogens (primary N) is 1. The first-order chi connectivity index (χ1) is 13.2. The molecule has 0 bridgehead atoms. The maximum absolute atomic E-state index is 13.8. The Morgan fingerprint density at radius 2 is 1.89 bits per heavy atom. The molecule has 1 aromatic heterocycles. The van der Waals surface area contributed by atoms with Gasteiger partial charge in [-0.15, -0.1) is 10.2 Å². The summed E-state index contributed by atoms with van der Waals surface area (Å²) in [6.45, 7) is 0. The fourth-order valence-corrected chi connectivity index (χ4v) is 2.94. The van der Waals surface area contributed by atoms with Crippen molar-refractivity contribution in [1.29, 1.82) is 0 Å². The van der Waals surface area contributed by atoms with Crippen molar-refractivity contribution in [2.45, 2.75) is 24.7 Å². The van der Waals surface area contributed by atoms with Crippen LogP contribution in [0.5, 0.6) is 0 Å². The molecular weight excluding hydrogens is 401 g/mol. The Bertz CT molecular complexity index is 1010. The van der Waals surface area contributed by atoms with Crippen LogP contribution in [0.25, 0.3) is 0 Å². The molecule has 1 aromatic carbocycles. The van der Waals surface area contributed by atoms with Gasteiger partial charge in [0.15, 0.2) is 0 Å². The van der Waals surface area contributed by atoms with Gasteiger partial charge in [0.1, 0.15) is 18.0 Å². The van der Waals surface area contributed by atoms with Gasteiger partial charge in [-0.2, -0.15) is 33.1 Å². The molecule has 2 aliphatic rings. The van der Waals surface area contributed by atoms with Crippen molar-refractivity contribution in [2.75, 3.05) is 0 Å². The zero-order valence-corrected chi connectivity index (χ0v) is 14.7. The van der Waals surface area contributed by atoms with Crippen molar-refractivity contribution in [3.8, 4) is 0 Å². The number of hydrazone groups is 1. The quantitative estimate of drug-likeness (QED) is 0.732. The molecule has 9 nitrogen and oxygen atoms in total. The highest BCUT2D eigenvalue weighted by Gasteiger charge is 2.63. The number of benzene rings is 1. The van der Waals surface area contributed by atoms with Crippen molar-refractivity contribution in [3.05, 3.63) is 47.0 Å². The first-order valence-corrected chi connectivity index (χ1v) is 8.29. The van der Waals surface area contributed by atoms with E-state index in [0.29, 0.717) is 15.6 Å². The lowest BCUT2D eigenvalue weighted by atomic mass is 10.0. The SMILES string of the molecule is NC1=NN=C(N2N=C(c3ccc(Cl)cc3)CC2(O)C(F)(F)F)n2ncnc2C1. The topological polar surface area (TPSA) is 117 Å². The summed E-state index contributed by atoms with van der Waals surface area (Å²) < 4.78 is 42.5. The van der Waals surface area contributed by atoms with Crippen LogP contribution in [0.15, 0.2) is 45.9 Å². The predicted molar refractivity (Wildman–Crippen MR) is 93.6 cm³/mol. The third-order valence-electron chi connectivity index (χ3n) is 4.22. The number of halogens is 4. The highest BCUT2D eigenvalue weighted by atomic mass is 35.5. The summed E-state index contributed by atoms with van der Waals surface area (Å²) >= 11 is 5.83. The normalized spacial score (nSPS) is 22.3. The van der Waals surface area contributed by atoms with E-state index in [4.69, 9.17) is 17.3 Å². The van der Waals surface area contributed by atoms with E-state index in [1.54, 1.807) is 0 Å². The molecule has 13 heteroatoms. The molecule has 0 saturated heterocycles. The summed E-state index contributed by atoms with van der Waals surface area (Å²) in [5, 5.41) is 26.6. The van der Waals surface area contributed by atoms with Crippen LogP contribution in [0.1, 0.15) is 17.8 Å². The van der Waals surface area contributed by atoms with Crippen LogP contribution in [-0.4, -0.2) is 54.3 Å². The van der Waals surface area contributed by atoms with Crippen LogP contribution >= 0.6 is 11.6 Å². The third-order valence-corrected chi connectivity index (χ3v) is 4.47. The molecule has 1 unspecified atom stereocenters. The molecule has 2 aromatic rings. The predicted octanol–water partition coefficient (Wildman–Crippen LogP) is 1.32. The fourth-order valence-electron chi connectivity index (χ4n) is 2.81. The second-order valence-corrected chi connectivity index (χ2v) is 6.55. The highest BCUT2D eigenvalue weighted by molar-refractivity contribution is 6.30. The summed E-state index contributed by atoms with van der Waals surface area (Å²) in [5.41, 5.74) is 2.66. The summed E-state index contributed by atoms with van der Waals surface area (Å²) in [4.78, 5) is 3.94. The van der Waals surface area contributed by atoms with Crippen LogP contribution < -0.4 is 5.73 Å². The van der Waals surface area contributed by atoms with E-state index >= 15 is 0 Å². The molecule has 146 valence electrons. The maximum Gasteiger partial charge on any atom is 0.438 e. The first-order valence-electron chi connectivity index (χ1n) is 7.91. The number of alkyl halides is 3. The Morgan fingerprint density at radius 1 is 1.18 bits per heavy atom. The zero-order chi connectivity index (χ0) is 20.1. The van der Waals surface area contributed by atoms with Gasteiger partial charge in [0.05, 0.1) is 18.6 Å². The zero-order valence-electron chi connectivity index (χ0n) is 14.0. The monoisotopic (exact) mass is 412 g/mol. The van der Waals surface area contributed by atoms with Crippen LogP contribution in [-0.2, 0) is 6.42 Å². The Labute approximate surface area is 160 Å². The van der Waals surface area contributed by atoms with Crippen LogP contribution in [0, 0.1) is 0 Å². The lowest BCUT2D eigenvalue weighted by molar-refractivity contribution is -0.295. The van der Waals surface area contributed by atoms with Gasteiger partial charge >= 0.3 is 6.18 Å². The summed E-state index contributed by atoms with van der Waals surface area (Å²) in [6.07, 6.45) is -4.73. The molecule has 2 aliphatic heterocycles. The number of aliphatic hydroxyl groups is 1. The molecule has 3 heterocycles. The Kier molecular flexibility index (Phi) is 4.12. The van der Waals surface area contributed by atoms with Crippen molar-refractivity contribution in [1.82, 2.24) is 19.8 Å². The molecule has 3 N–H and O–H groups in total. The van der Waals surface area contributed by atoms with Gasteiger partial charge in [0.2, 0.25) is 0 Å². The molecule has 4 rings (SSSR count). The van der Waals surface area contributed by atoms with Gasteiger partial charge in [0, 0.05) is 5.02 Å². The molecule has 0 radical (unpaired) electrons. The molecule has 28 heavy (non-hydrogen) atoms. The van der Waals surface area contributed by atoms with Gasteiger partial charge in [-0.3, -0.25) is 0 Å². The molecular formula is C15H12ClF3N8O. The van der Waals surface area contributed by atoms with Gasteiger partial charge < -0.3 is 10.8 Å². The molecule has 0 spiro atoms. The summed E-state index contributed by atoms with van der Waals surface area (Å²) in [5.74, 6) is -0.241. The minimum absolute atomic E-state index is 0.0120. The summed E-state index contributed by atoms with van der Waals surface area (Å²) in [7, 11) is 0. The molecule has 1 atom stereocenters. The smallest absolute Gasteiger partial charge is 0.385 e. The van der Waals surface area contributed by atoms with Crippen LogP contribution in [0.3, 0.4) is 0 Å². The molecule has 0 saturated carbocycles. The second kappa shape index (κ2) is 6.27. The lowest BCUT2D eigenvalue weighted by Gasteiger charge is -2.33. The Morgan fingerprint density at radius 3 is 2.57 bits per heavy atom. The standard InChI is InChI=1S/C15H12ClF3N8O/c16-9-3-1-8(2-4-9)10-6-14(28,15(17,18)19)27(25-10)13-24-23-11(20)5-12-21-7-22-26(12)13/h1-4,7,28H,5-6H2,(H2,20,23). The number of aromatic nitrogens is 3. The van der Waals surface area contributed by atoms with Gasteiger partial charge in [-0.1, -0.05) is 23.7 Å². The van der Waals surface area contributed by atoms with E-state index in [2.05, 4.69) is 25.4 Å². The number of nitrogens with zero attached hydrogens (tertiary/aromatic N) is 7. The fraction of sp³-hybridized carbons (Fsp3) is 0.267. The highest BCUT2D eigenvalue weighted by Crippen LogP contribution is 2.41. The molecule has 0 fully saturated rings. The number of hydrogen-bond donors (Lipinski definition) is 2. The number of amidine groups is 1. The van der Waals surface area contributed by atoms with E-state index in [1.807, 2.05) is 0 Å². The van der Waals surface area contributed by atoms with E-state index < -0.39 is 24.3 Å². The van der Waals surface area contributed by atoms with Gasteiger partial charge in [-0.05, 0) is 17.7 Å². The Hall–Kier alpha value is -2.99. The number of rotatable bonds is 1. The van der Waals surface area contributed by atoms with Gasteiger partial charge in [0.25, 0.3) is 11.7 Å².